The van der Waals surface area contributed by atoms with Crippen LogP contribution in [0.25, 0.3) is 10.8 Å². The molecule has 3 atom stereocenters. The third-order valence-corrected chi connectivity index (χ3v) is 8.72. The summed E-state index contributed by atoms with van der Waals surface area (Å²) in [6, 6.07) is 22.7. The van der Waals surface area contributed by atoms with Gasteiger partial charge in [0, 0.05) is 37.8 Å². The van der Waals surface area contributed by atoms with Gasteiger partial charge in [0.15, 0.2) is 0 Å². The maximum Gasteiger partial charge on any atom is 0.227 e. The quantitative estimate of drug-likeness (QED) is 0.324. The van der Waals surface area contributed by atoms with E-state index in [2.05, 4.69) is 129 Å². The van der Waals surface area contributed by atoms with Crippen LogP contribution in [-0.2, 0) is 17.6 Å². The second-order valence-corrected chi connectivity index (χ2v) is 12.6. The highest BCUT2D eigenvalue weighted by atomic mass is 16.2. The second kappa shape index (κ2) is 13.8. The Morgan fingerprint density at radius 1 is 0.950 bits per heavy atom. The topological polar surface area (TPSA) is 30.0 Å². The number of fused-ring (bicyclic) bond motifs is 1. The van der Waals surface area contributed by atoms with E-state index in [9.17, 15) is 4.79 Å². The van der Waals surface area contributed by atoms with Gasteiger partial charge < -0.3 is 14.7 Å². The number of piperazine rings is 1. The van der Waals surface area contributed by atoms with E-state index in [1.807, 2.05) is 0 Å². The van der Waals surface area contributed by atoms with Crippen LogP contribution in [0.15, 0.2) is 60.7 Å². The molecule has 0 saturated carbocycles. The first-order valence-electron chi connectivity index (χ1n) is 15.0. The van der Waals surface area contributed by atoms with Gasteiger partial charge in [-0.2, -0.15) is 0 Å². The number of hydrogen-bond acceptors (Lipinski definition) is 4. The summed E-state index contributed by atoms with van der Waals surface area (Å²) in [5.74, 6) is 0.250. The summed E-state index contributed by atoms with van der Waals surface area (Å²) in [4.78, 5) is 23.2. The molecule has 1 saturated heterocycles. The molecule has 0 radical (unpaired) electrons. The van der Waals surface area contributed by atoms with Gasteiger partial charge in [-0.15, -0.1) is 0 Å². The Morgan fingerprint density at radius 3 is 2.40 bits per heavy atom. The smallest absolute Gasteiger partial charge is 0.227 e. The Kier molecular flexibility index (Phi) is 10.4. The maximum absolute atomic E-state index is 13.7. The minimum atomic E-state index is 0.196. The molecule has 5 nitrogen and oxygen atoms in total. The molecule has 5 heteroatoms. The van der Waals surface area contributed by atoms with Crippen molar-refractivity contribution in [3.8, 4) is 0 Å². The van der Waals surface area contributed by atoms with Crippen molar-refractivity contribution in [2.45, 2.75) is 64.6 Å². The Labute approximate surface area is 242 Å². The molecule has 1 aliphatic rings. The standard InChI is InChI=1S/C35H50N4O/c1-26-14-16-31(27(2)19-26)22-34(37(6)7)24-38-23-28(3)39(25-33(38)13-10-18-36(4)5)35(40)21-29-15-17-30-11-8-9-12-32(30)20-29/h8-9,11-12,14-17,19-20,28,33-34H,10,13,18,21-25H2,1-7H3/t28-,33+,34+/m1/s1. The predicted octanol–water partition coefficient (Wildman–Crippen LogP) is 5.42. The van der Waals surface area contributed by atoms with Crippen LogP contribution in [0.5, 0.6) is 0 Å². The molecule has 1 aliphatic heterocycles. The van der Waals surface area contributed by atoms with Gasteiger partial charge in [-0.25, -0.2) is 0 Å². The number of amides is 1. The number of nitrogens with zero attached hydrogens (tertiary/aromatic N) is 4. The van der Waals surface area contributed by atoms with E-state index < -0.39 is 0 Å². The highest BCUT2D eigenvalue weighted by Gasteiger charge is 2.35. The van der Waals surface area contributed by atoms with E-state index in [-0.39, 0.29) is 11.9 Å². The Morgan fingerprint density at radius 2 is 1.70 bits per heavy atom. The molecule has 0 unspecified atom stereocenters. The van der Waals surface area contributed by atoms with Crippen molar-refractivity contribution >= 4 is 16.7 Å². The number of carbonyl (C=O) groups is 1. The van der Waals surface area contributed by atoms with E-state index in [0.29, 0.717) is 18.5 Å². The molecule has 0 spiro atoms. The van der Waals surface area contributed by atoms with Crippen molar-refractivity contribution in [2.24, 2.45) is 0 Å². The Bertz CT molecular complexity index is 1270. The minimum Gasteiger partial charge on any atom is -0.337 e. The average Bonchev–Trinajstić information content (AvgIpc) is 2.90. The summed E-state index contributed by atoms with van der Waals surface area (Å²) in [7, 11) is 8.71. The van der Waals surface area contributed by atoms with Crippen molar-refractivity contribution in [3.63, 3.8) is 0 Å². The molecule has 0 aromatic heterocycles. The normalized spacial score (nSPS) is 19.1. The van der Waals surface area contributed by atoms with E-state index in [4.69, 9.17) is 0 Å². The molecule has 0 N–H and O–H groups in total. The highest BCUT2D eigenvalue weighted by Crippen LogP contribution is 2.24. The SMILES string of the molecule is Cc1ccc(C[C@@H](CN2C[C@@H](C)N(C(=O)Cc3ccc4ccccc4c3)C[C@@H]2CCCN(C)C)N(C)C)c(C)c1. The van der Waals surface area contributed by atoms with Crippen molar-refractivity contribution < 1.29 is 4.79 Å². The van der Waals surface area contributed by atoms with Gasteiger partial charge >= 0.3 is 0 Å². The predicted molar refractivity (Wildman–Crippen MR) is 169 cm³/mol. The second-order valence-electron chi connectivity index (χ2n) is 12.6. The lowest BCUT2D eigenvalue weighted by atomic mass is 9.96. The molecule has 0 aliphatic carbocycles. The van der Waals surface area contributed by atoms with Gasteiger partial charge in [-0.1, -0.05) is 66.2 Å². The number of benzene rings is 3. The molecule has 4 rings (SSSR count). The van der Waals surface area contributed by atoms with Gasteiger partial charge in [-0.05, 0) is 102 Å². The number of hydrogen-bond donors (Lipinski definition) is 0. The van der Waals surface area contributed by atoms with Crippen LogP contribution in [0.2, 0.25) is 0 Å². The van der Waals surface area contributed by atoms with Crippen molar-refractivity contribution in [1.29, 1.82) is 0 Å². The first kappa shape index (κ1) is 30.2. The van der Waals surface area contributed by atoms with Crippen LogP contribution in [0.1, 0.15) is 42.0 Å². The zero-order chi connectivity index (χ0) is 28.8. The average molecular weight is 543 g/mol. The molecule has 1 amide bonds. The first-order chi connectivity index (χ1) is 19.1. The van der Waals surface area contributed by atoms with E-state index in [1.54, 1.807) is 0 Å². The lowest BCUT2D eigenvalue weighted by molar-refractivity contribution is -0.137. The van der Waals surface area contributed by atoms with Crippen LogP contribution in [0, 0.1) is 13.8 Å². The van der Waals surface area contributed by atoms with Gasteiger partial charge in [-0.3, -0.25) is 9.69 Å². The number of aryl methyl sites for hydroxylation is 2. The van der Waals surface area contributed by atoms with E-state index in [0.717, 1.165) is 51.0 Å². The zero-order valence-electron chi connectivity index (χ0n) is 25.9. The molecular weight excluding hydrogens is 492 g/mol. The molecule has 216 valence electrons. The summed E-state index contributed by atoms with van der Waals surface area (Å²) in [5, 5.41) is 2.42. The molecule has 0 bridgehead atoms. The molecular formula is C35H50N4O. The third kappa shape index (κ3) is 7.93. The third-order valence-electron chi connectivity index (χ3n) is 8.72. The monoisotopic (exact) mass is 542 g/mol. The fourth-order valence-corrected chi connectivity index (χ4v) is 6.23. The van der Waals surface area contributed by atoms with Gasteiger partial charge in [0.25, 0.3) is 0 Å². The van der Waals surface area contributed by atoms with Gasteiger partial charge in [0.05, 0.1) is 6.42 Å². The van der Waals surface area contributed by atoms with Crippen LogP contribution in [0.3, 0.4) is 0 Å². The highest BCUT2D eigenvalue weighted by molar-refractivity contribution is 5.85. The maximum atomic E-state index is 13.7. The van der Waals surface area contributed by atoms with Crippen LogP contribution in [-0.4, -0.2) is 98.0 Å². The van der Waals surface area contributed by atoms with Gasteiger partial charge in [0.2, 0.25) is 5.91 Å². The molecule has 1 fully saturated rings. The largest absolute Gasteiger partial charge is 0.337 e. The summed E-state index contributed by atoms with van der Waals surface area (Å²) < 4.78 is 0. The van der Waals surface area contributed by atoms with Crippen molar-refractivity contribution in [1.82, 2.24) is 19.6 Å². The molecule has 40 heavy (non-hydrogen) atoms. The van der Waals surface area contributed by atoms with Crippen LogP contribution in [0.4, 0.5) is 0 Å². The molecule has 1 heterocycles. The summed E-state index contributed by atoms with van der Waals surface area (Å²) in [5.41, 5.74) is 5.24. The summed E-state index contributed by atoms with van der Waals surface area (Å²) in [6.07, 6.45) is 3.75. The fraction of sp³-hybridized carbons (Fsp3) is 0.514. The van der Waals surface area contributed by atoms with E-state index in [1.165, 1.54) is 27.5 Å². The lowest BCUT2D eigenvalue weighted by Gasteiger charge is -2.47. The minimum absolute atomic E-state index is 0.196. The fourth-order valence-electron chi connectivity index (χ4n) is 6.23. The van der Waals surface area contributed by atoms with Crippen LogP contribution < -0.4 is 0 Å². The van der Waals surface area contributed by atoms with E-state index >= 15 is 0 Å². The lowest BCUT2D eigenvalue weighted by Crippen LogP contribution is -2.61. The van der Waals surface area contributed by atoms with Crippen LogP contribution >= 0.6 is 0 Å². The Hall–Kier alpha value is -2.73. The van der Waals surface area contributed by atoms with Gasteiger partial charge in [0.1, 0.15) is 0 Å². The van der Waals surface area contributed by atoms with Crippen molar-refractivity contribution in [2.75, 3.05) is 54.4 Å². The number of rotatable bonds is 11. The number of likely N-dealkylation sites (N-methyl/N-ethyl adjacent to an activating group) is 1. The zero-order valence-corrected chi connectivity index (χ0v) is 25.9. The molecule has 3 aromatic rings. The first-order valence-corrected chi connectivity index (χ1v) is 15.0. The summed E-state index contributed by atoms with van der Waals surface area (Å²) in [6.45, 7) is 10.5. The number of carbonyl (C=O) groups excluding carboxylic acids is 1. The van der Waals surface area contributed by atoms with Crippen molar-refractivity contribution in [3.05, 3.63) is 82.9 Å². The summed E-state index contributed by atoms with van der Waals surface area (Å²) >= 11 is 0. The Balaban J connectivity index is 1.48. The molecule has 3 aromatic carbocycles.